The number of benzene rings is 2. The van der Waals surface area contributed by atoms with Crippen molar-refractivity contribution in [1.82, 2.24) is 10.3 Å². The summed E-state index contributed by atoms with van der Waals surface area (Å²) in [6.45, 7) is 19.2. The molecule has 0 unspecified atom stereocenters. The molecule has 8 heteroatoms. The van der Waals surface area contributed by atoms with E-state index in [1.807, 2.05) is 12.1 Å². The normalized spacial score (nSPS) is 18.3. The quantitative estimate of drug-likeness (QED) is 0.225. The van der Waals surface area contributed by atoms with Gasteiger partial charge in [-0.25, -0.2) is 0 Å². The number of hydrogen-bond donors (Lipinski definition) is 3. The van der Waals surface area contributed by atoms with Crippen LogP contribution >= 0.6 is 0 Å². The van der Waals surface area contributed by atoms with Gasteiger partial charge >= 0.3 is 0 Å². The summed E-state index contributed by atoms with van der Waals surface area (Å²) in [5.41, 5.74) is 4.43. The standard InChI is InChI=1S/C35H45N3O5/c1-33(2,3)19-14-21-27(40)18-28(31(41)36-23-12-10-11-13-26(23)39)42-29(21)24(16-19)37-32-38-25-17-20(34(4,5)6)15-22(30(25)43-32)35(7,8)9/h14-18,23,26,39H,10-13H2,1-9H3,(H,36,41)(H,37,38)/t23-,26-/m0/s1. The van der Waals surface area contributed by atoms with Gasteiger partial charge in [-0.3, -0.25) is 9.59 Å². The lowest BCUT2D eigenvalue weighted by Gasteiger charge is -2.28. The van der Waals surface area contributed by atoms with Gasteiger partial charge in [0.1, 0.15) is 5.52 Å². The molecule has 1 amide bonds. The van der Waals surface area contributed by atoms with Crippen molar-refractivity contribution in [3.63, 3.8) is 0 Å². The van der Waals surface area contributed by atoms with Crippen molar-refractivity contribution in [1.29, 1.82) is 0 Å². The SMILES string of the molecule is CC(C)(C)c1cc(C(C)(C)C)c2oc(Nc3cc(C(C)(C)C)cc4c(=O)cc(C(=O)N[C@H]5CCCC[C@@H]5O)oc34)nc2c1. The minimum absolute atomic E-state index is 0.0774. The Labute approximate surface area is 253 Å². The van der Waals surface area contributed by atoms with Crippen molar-refractivity contribution in [3.05, 3.63) is 63.0 Å². The summed E-state index contributed by atoms with van der Waals surface area (Å²) in [6, 6.07) is 9.10. The number of carbonyl (C=O) groups is 1. The average Bonchev–Trinajstić information content (AvgIpc) is 3.30. The van der Waals surface area contributed by atoms with Gasteiger partial charge in [0.25, 0.3) is 11.9 Å². The number of anilines is 2. The molecule has 0 spiro atoms. The van der Waals surface area contributed by atoms with Crippen molar-refractivity contribution in [2.45, 2.75) is 116 Å². The molecule has 1 fully saturated rings. The molecule has 1 saturated carbocycles. The second kappa shape index (κ2) is 10.8. The van der Waals surface area contributed by atoms with E-state index in [9.17, 15) is 14.7 Å². The lowest BCUT2D eigenvalue weighted by atomic mass is 9.80. The molecule has 0 bridgehead atoms. The van der Waals surface area contributed by atoms with Crippen molar-refractivity contribution in [3.8, 4) is 0 Å². The molecule has 2 heterocycles. The van der Waals surface area contributed by atoms with Gasteiger partial charge in [0.15, 0.2) is 22.4 Å². The van der Waals surface area contributed by atoms with Crippen LogP contribution in [0.4, 0.5) is 11.7 Å². The summed E-state index contributed by atoms with van der Waals surface area (Å²) in [5.74, 6) is -0.633. The summed E-state index contributed by atoms with van der Waals surface area (Å²) in [4.78, 5) is 31.4. The summed E-state index contributed by atoms with van der Waals surface area (Å²) < 4.78 is 12.5. The number of amides is 1. The molecular weight excluding hydrogens is 542 g/mol. The molecule has 2 aromatic carbocycles. The van der Waals surface area contributed by atoms with Crippen LogP contribution in [0.25, 0.3) is 22.1 Å². The van der Waals surface area contributed by atoms with E-state index < -0.39 is 12.0 Å². The number of hydrogen-bond acceptors (Lipinski definition) is 7. The van der Waals surface area contributed by atoms with Crippen LogP contribution in [0.1, 0.15) is 115 Å². The van der Waals surface area contributed by atoms with E-state index in [1.54, 1.807) is 0 Å². The Morgan fingerprint density at radius 2 is 1.49 bits per heavy atom. The minimum Gasteiger partial charge on any atom is -0.448 e. The van der Waals surface area contributed by atoms with Crippen LogP contribution in [0.3, 0.4) is 0 Å². The molecule has 4 aromatic rings. The molecule has 0 saturated heterocycles. The molecule has 1 aliphatic rings. The smallest absolute Gasteiger partial charge is 0.300 e. The lowest BCUT2D eigenvalue weighted by molar-refractivity contribution is 0.0698. The Morgan fingerprint density at radius 3 is 2.12 bits per heavy atom. The summed E-state index contributed by atoms with van der Waals surface area (Å²) >= 11 is 0. The van der Waals surface area contributed by atoms with Crippen LogP contribution in [0, 0.1) is 0 Å². The number of carbonyl (C=O) groups excluding carboxylic acids is 1. The average molecular weight is 588 g/mol. The number of aromatic nitrogens is 1. The van der Waals surface area contributed by atoms with Crippen LogP contribution in [0.15, 0.2) is 44.0 Å². The molecule has 0 aliphatic heterocycles. The fourth-order valence-corrected chi connectivity index (χ4v) is 5.61. The maximum atomic E-state index is 13.4. The predicted molar refractivity (Wildman–Crippen MR) is 172 cm³/mol. The van der Waals surface area contributed by atoms with Gasteiger partial charge in [0.05, 0.1) is 23.2 Å². The largest absolute Gasteiger partial charge is 0.448 e. The fourth-order valence-electron chi connectivity index (χ4n) is 5.61. The number of nitrogens with zero attached hydrogens (tertiary/aromatic N) is 1. The molecule has 2 atom stereocenters. The first kappa shape index (κ1) is 30.8. The molecule has 5 rings (SSSR count). The number of oxazole rings is 1. The summed E-state index contributed by atoms with van der Waals surface area (Å²) in [7, 11) is 0. The van der Waals surface area contributed by atoms with E-state index in [1.165, 1.54) is 6.07 Å². The molecule has 43 heavy (non-hydrogen) atoms. The maximum Gasteiger partial charge on any atom is 0.300 e. The second-order valence-electron chi connectivity index (χ2n) is 15.1. The fraction of sp³-hybridized carbons (Fsp3) is 0.514. The molecular formula is C35H45N3O5. The zero-order valence-corrected chi connectivity index (χ0v) is 26.9. The molecule has 0 radical (unpaired) electrons. The zero-order valence-electron chi connectivity index (χ0n) is 26.9. The molecule has 3 N–H and O–H groups in total. The van der Waals surface area contributed by atoms with Crippen LogP contribution in [-0.4, -0.2) is 28.1 Å². The van der Waals surface area contributed by atoms with E-state index in [0.717, 1.165) is 35.0 Å². The van der Waals surface area contributed by atoms with Crippen LogP contribution in [-0.2, 0) is 16.2 Å². The van der Waals surface area contributed by atoms with Gasteiger partial charge in [-0.15, -0.1) is 0 Å². The summed E-state index contributed by atoms with van der Waals surface area (Å²) in [6.07, 6.45) is 2.54. The van der Waals surface area contributed by atoms with Gasteiger partial charge in [-0.05, 0) is 58.4 Å². The van der Waals surface area contributed by atoms with Crippen LogP contribution < -0.4 is 16.1 Å². The summed E-state index contributed by atoms with van der Waals surface area (Å²) in [5, 5.41) is 16.9. The molecule has 2 aromatic heterocycles. The highest BCUT2D eigenvalue weighted by Crippen LogP contribution is 2.38. The van der Waals surface area contributed by atoms with Gasteiger partial charge in [0, 0.05) is 11.6 Å². The van der Waals surface area contributed by atoms with Crippen molar-refractivity contribution < 1.29 is 18.7 Å². The monoisotopic (exact) mass is 587 g/mol. The highest BCUT2D eigenvalue weighted by Gasteiger charge is 2.28. The highest BCUT2D eigenvalue weighted by atomic mass is 16.4. The number of nitrogens with one attached hydrogen (secondary N) is 2. The van der Waals surface area contributed by atoms with Crippen molar-refractivity contribution in [2.75, 3.05) is 5.32 Å². The lowest BCUT2D eigenvalue weighted by Crippen LogP contribution is -2.45. The maximum absolute atomic E-state index is 13.4. The Hall–Kier alpha value is -3.65. The highest BCUT2D eigenvalue weighted by molar-refractivity contribution is 5.96. The van der Waals surface area contributed by atoms with E-state index in [-0.39, 0.29) is 45.1 Å². The van der Waals surface area contributed by atoms with Gasteiger partial charge in [-0.1, -0.05) is 81.2 Å². The van der Waals surface area contributed by atoms with Crippen molar-refractivity contribution in [2.24, 2.45) is 0 Å². The second-order valence-corrected chi connectivity index (χ2v) is 15.1. The Bertz CT molecular complexity index is 1740. The number of rotatable bonds is 4. The minimum atomic E-state index is -0.618. The van der Waals surface area contributed by atoms with E-state index in [2.05, 4.69) is 85.1 Å². The number of aliphatic hydroxyl groups is 1. The Morgan fingerprint density at radius 1 is 0.837 bits per heavy atom. The third kappa shape index (κ3) is 6.35. The first-order valence-corrected chi connectivity index (χ1v) is 15.3. The first-order valence-electron chi connectivity index (χ1n) is 15.3. The third-order valence-corrected chi connectivity index (χ3v) is 8.37. The first-order chi connectivity index (χ1) is 19.9. The molecule has 230 valence electrons. The molecule has 1 aliphatic carbocycles. The predicted octanol–water partition coefficient (Wildman–Crippen LogP) is 7.60. The topological polar surface area (TPSA) is 118 Å². The Balaban J connectivity index is 1.63. The third-order valence-electron chi connectivity index (χ3n) is 8.37. The number of fused-ring (bicyclic) bond motifs is 2. The number of aliphatic hydroxyl groups excluding tert-OH is 1. The van der Waals surface area contributed by atoms with E-state index in [0.29, 0.717) is 29.5 Å². The van der Waals surface area contributed by atoms with E-state index in [4.69, 9.17) is 13.8 Å². The van der Waals surface area contributed by atoms with Gasteiger partial charge in [-0.2, -0.15) is 4.98 Å². The Kier molecular flexibility index (Phi) is 7.74. The van der Waals surface area contributed by atoms with Crippen molar-refractivity contribution >= 4 is 39.7 Å². The molecule has 8 nitrogen and oxygen atoms in total. The van der Waals surface area contributed by atoms with Crippen LogP contribution in [0.2, 0.25) is 0 Å². The van der Waals surface area contributed by atoms with Gasteiger partial charge < -0.3 is 24.6 Å². The van der Waals surface area contributed by atoms with Crippen LogP contribution in [0.5, 0.6) is 0 Å². The zero-order chi connectivity index (χ0) is 31.5. The van der Waals surface area contributed by atoms with E-state index >= 15 is 0 Å². The van der Waals surface area contributed by atoms with Gasteiger partial charge in [0.2, 0.25) is 0 Å².